The van der Waals surface area contributed by atoms with Gasteiger partial charge in [-0.25, -0.2) is 4.79 Å². The Labute approximate surface area is 155 Å². The summed E-state index contributed by atoms with van der Waals surface area (Å²) in [7, 11) is 1.37. The van der Waals surface area contributed by atoms with Crippen molar-refractivity contribution in [3.8, 4) is 5.75 Å². The molecule has 25 heavy (non-hydrogen) atoms. The third-order valence-electron chi connectivity index (χ3n) is 4.57. The quantitative estimate of drug-likeness (QED) is 0.590. The summed E-state index contributed by atoms with van der Waals surface area (Å²) in [5, 5.41) is 4.01. The van der Waals surface area contributed by atoms with Crippen LogP contribution in [0.2, 0.25) is 0 Å². The number of nitrogens with one attached hydrogen (secondary N) is 1. The molecule has 0 saturated carbocycles. The lowest BCUT2D eigenvalue weighted by atomic mass is 9.99. The van der Waals surface area contributed by atoms with Gasteiger partial charge in [-0.3, -0.25) is 0 Å². The van der Waals surface area contributed by atoms with E-state index >= 15 is 0 Å². The van der Waals surface area contributed by atoms with Gasteiger partial charge in [-0.2, -0.15) is 0 Å². The first kappa shape index (κ1) is 19.5. The van der Waals surface area contributed by atoms with E-state index in [0.29, 0.717) is 23.3 Å². The number of nitrogens with zero attached hydrogens (tertiary/aromatic N) is 1. The highest BCUT2D eigenvalue weighted by Crippen LogP contribution is 2.33. The number of hydrogen-bond acceptors (Lipinski definition) is 4. The van der Waals surface area contributed by atoms with Gasteiger partial charge in [0, 0.05) is 6.54 Å². The molecule has 1 N–H and O–H groups in total. The van der Waals surface area contributed by atoms with Gasteiger partial charge in [-0.1, -0.05) is 45.2 Å². The fourth-order valence-electron chi connectivity index (χ4n) is 2.95. The molecule has 138 valence electrons. The summed E-state index contributed by atoms with van der Waals surface area (Å²) in [6, 6.07) is 7.61. The number of unbranched alkanes of at least 4 members (excludes halogenated alkanes) is 1. The van der Waals surface area contributed by atoms with Gasteiger partial charge in [0.25, 0.3) is 0 Å². The zero-order valence-corrected chi connectivity index (χ0v) is 16.1. The van der Waals surface area contributed by atoms with Crippen molar-refractivity contribution in [2.24, 2.45) is 5.92 Å². The number of benzene rings is 1. The van der Waals surface area contributed by atoms with Crippen LogP contribution in [0.4, 0.5) is 5.69 Å². The number of thiocarbonyl (C=S) groups is 1. The molecule has 0 radical (unpaired) electrons. The Bertz CT molecular complexity index is 594. The third-order valence-corrected chi connectivity index (χ3v) is 4.93. The van der Waals surface area contributed by atoms with Crippen LogP contribution in [0.5, 0.6) is 5.75 Å². The maximum Gasteiger partial charge on any atom is 0.348 e. The number of rotatable bonds is 7. The average Bonchev–Trinajstić information content (AvgIpc) is 2.66. The number of para-hydroxylation sites is 2. The lowest BCUT2D eigenvalue weighted by Gasteiger charge is -2.35. The summed E-state index contributed by atoms with van der Waals surface area (Å²) in [6.07, 6.45) is 4.09. The Morgan fingerprint density at radius 2 is 2.20 bits per heavy atom. The monoisotopic (exact) mass is 364 g/mol. The highest BCUT2D eigenvalue weighted by atomic mass is 32.1. The first-order valence-corrected chi connectivity index (χ1v) is 9.40. The van der Waals surface area contributed by atoms with Gasteiger partial charge in [-0.15, -0.1) is 0 Å². The Morgan fingerprint density at radius 3 is 2.88 bits per heavy atom. The molecule has 0 fully saturated rings. The van der Waals surface area contributed by atoms with Crippen LogP contribution in [0.1, 0.15) is 39.5 Å². The molecular formula is C19H28N2O3S. The van der Waals surface area contributed by atoms with Gasteiger partial charge >= 0.3 is 5.97 Å². The van der Waals surface area contributed by atoms with Crippen LogP contribution < -0.4 is 15.0 Å². The van der Waals surface area contributed by atoms with Crippen LogP contribution in [0.25, 0.3) is 0 Å². The highest BCUT2D eigenvalue weighted by molar-refractivity contribution is 7.80. The molecule has 0 bridgehead atoms. The molecule has 5 nitrogen and oxygen atoms in total. The van der Waals surface area contributed by atoms with Crippen molar-refractivity contribution in [3.63, 3.8) is 0 Å². The van der Waals surface area contributed by atoms with Gasteiger partial charge in [-0.05, 0) is 36.7 Å². The number of esters is 1. The molecule has 2 atom stereocenters. The fraction of sp³-hybridized carbons (Fsp3) is 0.579. The average molecular weight is 365 g/mol. The number of ether oxygens (including phenoxy) is 2. The molecule has 0 spiro atoms. The molecule has 2 rings (SSSR count). The Morgan fingerprint density at radius 1 is 1.44 bits per heavy atom. The van der Waals surface area contributed by atoms with E-state index in [-0.39, 0.29) is 0 Å². The van der Waals surface area contributed by atoms with Crippen molar-refractivity contribution in [1.82, 2.24) is 5.32 Å². The first-order chi connectivity index (χ1) is 12.1. The predicted molar refractivity (Wildman–Crippen MR) is 104 cm³/mol. The van der Waals surface area contributed by atoms with Gasteiger partial charge in [0.2, 0.25) is 6.10 Å². The van der Waals surface area contributed by atoms with Crippen LogP contribution in [0.3, 0.4) is 0 Å². The summed E-state index contributed by atoms with van der Waals surface area (Å²) in [4.78, 5) is 13.9. The van der Waals surface area contributed by atoms with E-state index in [0.717, 1.165) is 18.7 Å². The molecule has 1 heterocycles. The van der Waals surface area contributed by atoms with E-state index in [1.54, 1.807) is 0 Å². The summed E-state index contributed by atoms with van der Waals surface area (Å²) in [6.45, 7) is 5.61. The van der Waals surface area contributed by atoms with Crippen LogP contribution in [0.15, 0.2) is 24.3 Å². The molecule has 1 aliphatic rings. The smallest absolute Gasteiger partial charge is 0.348 e. The number of fused-ring (bicyclic) bond motifs is 1. The standard InChI is InChI=1S/C19H28N2O3S/c1-4-6-9-14(5-2)12-20-19(25)21-13-17(18(22)23-3)24-16-11-8-7-10-15(16)21/h7-8,10-11,14,17H,4-6,9,12-13H2,1-3H3,(H,20,25)/t14-,17-/m0/s1. The lowest BCUT2D eigenvalue weighted by molar-refractivity contribution is -0.148. The van der Waals surface area contributed by atoms with E-state index in [9.17, 15) is 4.79 Å². The molecule has 1 aromatic rings. The molecular weight excluding hydrogens is 336 g/mol. The maximum atomic E-state index is 11.9. The second-order valence-electron chi connectivity index (χ2n) is 6.31. The summed E-state index contributed by atoms with van der Waals surface area (Å²) in [5.41, 5.74) is 0.877. The van der Waals surface area contributed by atoms with E-state index < -0.39 is 12.1 Å². The second-order valence-corrected chi connectivity index (χ2v) is 6.70. The highest BCUT2D eigenvalue weighted by Gasteiger charge is 2.33. The van der Waals surface area contributed by atoms with E-state index in [2.05, 4.69) is 19.2 Å². The summed E-state index contributed by atoms with van der Waals surface area (Å²) >= 11 is 5.61. The second kappa shape index (κ2) is 9.61. The topological polar surface area (TPSA) is 50.8 Å². The van der Waals surface area contributed by atoms with Crippen molar-refractivity contribution < 1.29 is 14.3 Å². The maximum absolute atomic E-state index is 11.9. The minimum atomic E-state index is -0.679. The van der Waals surface area contributed by atoms with Gasteiger partial charge in [0.1, 0.15) is 5.75 Å². The lowest BCUT2D eigenvalue weighted by Crippen LogP contribution is -2.51. The van der Waals surface area contributed by atoms with E-state index in [4.69, 9.17) is 21.7 Å². The fourth-order valence-corrected chi connectivity index (χ4v) is 3.21. The zero-order chi connectivity index (χ0) is 18.2. The predicted octanol–water partition coefficient (Wildman–Crippen LogP) is 3.52. The Kier molecular flexibility index (Phi) is 7.50. The van der Waals surface area contributed by atoms with Crippen molar-refractivity contribution in [1.29, 1.82) is 0 Å². The number of hydrogen-bond donors (Lipinski definition) is 1. The van der Waals surface area contributed by atoms with Crippen LogP contribution in [0, 0.1) is 5.92 Å². The number of anilines is 1. The molecule has 6 heteroatoms. The molecule has 0 saturated heterocycles. The normalized spacial score (nSPS) is 17.2. The van der Waals surface area contributed by atoms with Crippen LogP contribution in [-0.2, 0) is 9.53 Å². The zero-order valence-electron chi connectivity index (χ0n) is 15.3. The third kappa shape index (κ3) is 5.08. The minimum absolute atomic E-state index is 0.348. The van der Waals surface area contributed by atoms with Gasteiger partial charge < -0.3 is 19.7 Å². The summed E-state index contributed by atoms with van der Waals surface area (Å²) in [5.74, 6) is 0.855. The van der Waals surface area contributed by atoms with E-state index in [1.807, 2.05) is 29.2 Å². The van der Waals surface area contributed by atoms with Gasteiger partial charge in [0.05, 0.1) is 19.3 Å². The van der Waals surface area contributed by atoms with Crippen molar-refractivity contribution in [2.75, 3.05) is 25.1 Å². The SMILES string of the molecule is CCCC[C@H](CC)CNC(=S)N1C[C@@H](C(=O)OC)Oc2ccccc21. The molecule has 0 aliphatic carbocycles. The van der Waals surface area contributed by atoms with E-state index in [1.165, 1.54) is 26.4 Å². The van der Waals surface area contributed by atoms with Crippen LogP contribution >= 0.6 is 12.2 Å². The molecule has 0 amide bonds. The molecule has 1 aliphatic heterocycles. The largest absolute Gasteiger partial charge is 0.475 e. The summed E-state index contributed by atoms with van der Waals surface area (Å²) < 4.78 is 10.6. The molecule has 0 aromatic heterocycles. The number of carbonyl (C=O) groups excluding carboxylic acids is 1. The van der Waals surface area contributed by atoms with Crippen LogP contribution in [-0.4, -0.2) is 37.4 Å². The van der Waals surface area contributed by atoms with Crippen molar-refractivity contribution in [3.05, 3.63) is 24.3 Å². The number of carbonyl (C=O) groups is 1. The number of methoxy groups -OCH3 is 1. The Hall–Kier alpha value is -1.82. The molecule has 1 aromatic carbocycles. The van der Waals surface area contributed by atoms with Crippen molar-refractivity contribution >= 4 is 29.0 Å². The molecule has 0 unspecified atom stereocenters. The Balaban J connectivity index is 2.07. The minimum Gasteiger partial charge on any atom is -0.475 e. The first-order valence-electron chi connectivity index (χ1n) is 8.99. The van der Waals surface area contributed by atoms with Crippen molar-refractivity contribution in [2.45, 2.75) is 45.6 Å². The van der Waals surface area contributed by atoms with Gasteiger partial charge in [0.15, 0.2) is 5.11 Å².